The van der Waals surface area contributed by atoms with Crippen LogP contribution >= 0.6 is 15.9 Å². The molecule has 0 amide bonds. The number of aromatic nitrogens is 2. The van der Waals surface area contributed by atoms with Gasteiger partial charge in [-0.2, -0.15) is 0 Å². The fourth-order valence-electron chi connectivity index (χ4n) is 3.39. The molecule has 0 unspecified atom stereocenters. The normalized spacial score (nSPS) is 17.9. The zero-order chi connectivity index (χ0) is 14.3. The molecule has 0 aliphatic heterocycles. The van der Waals surface area contributed by atoms with Crippen molar-refractivity contribution in [3.63, 3.8) is 0 Å². The molecule has 0 atom stereocenters. The van der Waals surface area contributed by atoms with Crippen LogP contribution in [0.25, 0.3) is 11.0 Å². The average molecular weight is 340 g/mol. The smallest absolute Gasteiger partial charge is 0.201 e. The van der Waals surface area contributed by atoms with E-state index in [0.717, 1.165) is 24.0 Å². The molecule has 1 saturated carbocycles. The molecule has 1 aliphatic carbocycles. The van der Waals surface area contributed by atoms with Crippen LogP contribution in [0, 0.1) is 11.2 Å². The van der Waals surface area contributed by atoms with Gasteiger partial charge in [0.1, 0.15) is 5.82 Å². The van der Waals surface area contributed by atoms with Crippen LogP contribution in [0.4, 0.5) is 10.3 Å². The summed E-state index contributed by atoms with van der Waals surface area (Å²) in [6, 6.07) is 3.23. The van der Waals surface area contributed by atoms with Crippen molar-refractivity contribution >= 4 is 32.9 Å². The van der Waals surface area contributed by atoms with Crippen LogP contribution in [0.3, 0.4) is 0 Å². The summed E-state index contributed by atoms with van der Waals surface area (Å²) in [5.74, 6) is 0.216. The van der Waals surface area contributed by atoms with Gasteiger partial charge in [0.15, 0.2) is 0 Å². The molecular formula is C15H19BrFN3. The molecule has 2 N–H and O–H groups in total. The highest BCUT2D eigenvalue weighted by atomic mass is 79.9. The van der Waals surface area contributed by atoms with E-state index in [1.807, 2.05) is 4.57 Å². The van der Waals surface area contributed by atoms with Crippen molar-refractivity contribution in [2.75, 3.05) is 5.73 Å². The Morgan fingerprint density at radius 1 is 1.40 bits per heavy atom. The molecule has 5 heteroatoms. The molecule has 20 heavy (non-hydrogen) atoms. The maximum absolute atomic E-state index is 13.8. The summed E-state index contributed by atoms with van der Waals surface area (Å²) in [5.41, 5.74) is 7.90. The van der Waals surface area contributed by atoms with E-state index >= 15 is 0 Å². The predicted molar refractivity (Wildman–Crippen MR) is 83.0 cm³/mol. The SMILES string of the molecule is CCC1(Cn2c(N)nc3cc(Br)c(F)cc32)CCCC1. The van der Waals surface area contributed by atoms with E-state index in [1.165, 1.54) is 31.7 Å². The molecule has 108 valence electrons. The van der Waals surface area contributed by atoms with Crippen molar-refractivity contribution < 1.29 is 4.39 Å². The first-order valence-electron chi connectivity index (χ1n) is 7.15. The van der Waals surface area contributed by atoms with Crippen LogP contribution in [0.5, 0.6) is 0 Å². The number of imidazole rings is 1. The van der Waals surface area contributed by atoms with E-state index in [0.29, 0.717) is 15.8 Å². The Balaban J connectivity index is 2.06. The monoisotopic (exact) mass is 339 g/mol. The number of hydrogen-bond donors (Lipinski definition) is 1. The predicted octanol–water partition coefficient (Wildman–Crippen LogP) is 4.49. The largest absolute Gasteiger partial charge is 0.369 e. The fraction of sp³-hybridized carbons (Fsp3) is 0.533. The zero-order valence-corrected chi connectivity index (χ0v) is 13.2. The van der Waals surface area contributed by atoms with Gasteiger partial charge in [0.2, 0.25) is 5.95 Å². The second-order valence-electron chi connectivity index (χ2n) is 5.87. The molecule has 0 bridgehead atoms. The lowest BCUT2D eigenvalue weighted by Gasteiger charge is -2.28. The van der Waals surface area contributed by atoms with Gasteiger partial charge in [-0.3, -0.25) is 0 Å². The minimum Gasteiger partial charge on any atom is -0.369 e. The van der Waals surface area contributed by atoms with Crippen LogP contribution in [-0.2, 0) is 6.54 Å². The summed E-state index contributed by atoms with van der Waals surface area (Å²) in [4.78, 5) is 4.37. The third kappa shape index (κ3) is 2.22. The second-order valence-corrected chi connectivity index (χ2v) is 6.73. The van der Waals surface area contributed by atoms with Crippen molar-refractivity contribution in [1.29, 1.82) is 0 Å². The van der Waals surface area contributed by atoms with Gasteiger partial charge in [-0.15, -0.1) is 0 Å². The Morgan fingerprint density at radius 2 is 2.10 bits per heavy atom. The van der Waals surface area contributed by atoms with Gasteiger partial charge in [-0.25, -0.2) is 9.37 Å². The number of hydrogen-bond acceptors (Lipinski definition) is 2. The highest BCUT2D eigenvalue weighted by Crippen LogP contribution is 2.43. The van der Waals surface area contributed by atoms with Crippen LogP contribution in [0.15, 0.2) is 16.6 Å². The third-order valence-electron chi connectivity index (χ3n) is 4.73. The third-order valence-corrected chi connectivity index (χ3v) is 5.34. The van der Waals surface area contributed by atoms with E-state index in [1.54, 1.807) is 6.07 Å². The quantitative estimate of drug-likeness (QED) is 0.895. The number of fused-ring (bicyclic) bond motifs is 1. The lowest BCUT2D eigenvalue weighted by atomic mass is 9.83. The summed E-state index contributed by atoms with van der Waals surface area (Å²) in [5, 5.41) is 0. The van der Waals surface area contributed by atoms with Gasteiger partial charge in [-0.1, -0.05) is 19.8 Å². The Labute approximate surface area is 126 Å². The Kier molecular flexibility index (Phi) is 3.48. The van der Waals surface area contributed by atoms with Gasteiger partial charge in [0.25, 0.3) is 0 Å². The first-order valence-corrected chi connectivity index (χ1v) is 7.95. The Morgan fingerprint density at radius 3 is 2.75 bits per heavy atom. The van der Waals surface area contributed by atoms with Crippen LogP contribution < -0.4 is 5.73 Å². The number of nitrogen functional groups attached to an aromatic ring is 1. The minimum atomic E-state index is -0.268. The Hall–Kier alpha value is -1.10. The molecule has 0 spiro atoms. The van der Waals surface area contributed by atoms with Gasteiger partial charge in [0, 0.05) is 12.6 Å². The zero-order valence-electron chi connectivity index (χ0n) is 11.6. The molecule has 1 aromatic heterocycles. The van der Waals surface area contributed by atoms with Gasteiger partial charge in [0.05, 0.1) is 15.5 Å². The maximum Gasteiger partial charge on any atom is 0.201 e. The lowest BCUT2D eigenvalue weighted by Crippen LogP contribution is -2.23. The van der Waals surface area contributed by atoms with E-state index in [9.17, 15) is 4.39 Å². The lowest BCUT2D eigenvalue weighted by molar-refractivity contribution is 0.242. The van der Waals surface area contributed by atoms with Crippen molar-refractivity contribution in [2.24, 2.45) is 5.41 Å². The molecule has 1 aromatic carbocycles. The number of anilines is 1. The molecule has 0 saturated heterocycles. The summed E-state index contributed by atoms with van der Waals surface area (Å²) < 4.78 is 16.2. The van der Waals surface area contributed by atoms with Crippen LogP contribution in [0.2, 0.25) is 0 Å². The summed E-state index contributed by atoms with van der Waals surface area (Å²) >= 11 is 3.20. The molecule has 0 radical (unpaired) electrons. The summed E-state index contributed by atoms with van der Waals surface area (Å²) in [7, 11) is 0. The standard InChI is InChI=1S/C15H19BrFN3/c1-2-15(5-3-4-6-15)9-20-13-8-11(17)10(16)7-12(13)19-14(20)18/h7-8H,2-6,9H2,1H3,(H2,18,19). The fourth-order valence-corrected chi connectivity index (χ4v) is 3.72. The number of nitrogens with two attached hydrogens (primary N) is 1. The van der Waals surface area contributed by atoms with Gasteiger partial charge >= 0.3 is 0 Å². The summed E-state index contributed by atoms with van der Waals surface area (Å²) in [6.45, 7) is 3.07. The molecule has 1 fully saturated rings. The van der Waals surface area contributed by atoms with E-state index in [2.05, 4.69) is 27.8 Å². The number of rotatable bonds is 3. The Bertz CT molecular complexity index is 644. The van der Waals surface area contributed by atoms with E-state index in [4.69, 9.17) is 5.73 Å². The minimum absolute atomic E-state index is 0.268. The molecular weight excluding hydrogens is 321 g/mol. The highest BCUT2D eigenvalue weighted by Gasteiger charge is 2.33. The molecule has 2 aromatic rings. The first kappa shape index (κ1) is 13.9. The van der Waals surface area contributed by atoms with E-state index < -0.39 is 0 Å². The van der Waals surface area contributed by atoms with E-state index in [-0.39, 0.29) is 5.82 Å². The maximum atomic E-state index is 13.8. The van der Waals surface area contributed by atoms with Crippen molar-refractivity contribution in [3.05, 3.63) is 22.4 Å². The molecule has 1 heterocycles. The highest BCUT2D eigenvalue weighted by molar-refractivity contribution is 9.10. The van der Waals surface area contributed by atoms with Crippen LogP contribution in [-0.4, -0.2) is 9.55 Å². The molecule has 3 rings (SSSR count). The van der Waals surface area contributed by atoms with Gasteiger partial charge in [-0.05, 0) is 46.7 Å². The first-order chi connectivity index (χ1) is 9.54. The molecule has 3 nitrogen and oxygen atoms in total. The van der Waals surface area contributed by atoms with Crippen molar-refractivity contribution in [1.82, 2.24) is 9.55 Å². The van der Waals surface area contributed by atoms with Crippen molar-refractivity contribution in [3.8, 4) is 0 Å². The number of nitrogens with zero attached hydrogens (tertiary/aromatic N) is 2. The van der Waals surface area contributed by atoms with Crippen LogP contribution in [0.1, 0.15) is 39.0 Å². The average Bonchev–Trinajstić information content (AvgIpc) is 2.99. The molecule has 1 aliphatic rings. The second kappa shape index (κ2) is 5.02. The summed E-state index contributed by atoms with van der Waals surface area (Å²) in [6.07, 6.45) is 6.13. The number of halogens is 2. The van der Waals surface area contributed by atoms with Crippen molar-refractivity contribution in [2.45, 2.75) is 45.6 Å². The van der Waals surface area contributed by atoms with Gasteiger partial charge < -0.3 is 10.3 Å². The number of benzene rings is 1. The topological polar surface area (TPSA) is 43.8 Å².